The second-order valence-electron chi connectivity index (χ2n) is 6.80. The molecule has 0 bridgehead atoms. The number of fused-ring (bicyclic) bond motifs is 1. The molecule has 2 aliphatic heterocycles. The van der Waals surface area contributed by atoms with E-state index in [2.05, 4.69) is 37.5 Å². The molecule has 2 saturated heterocycles. The number of hydrogen-bond acceptors (Lipinski definition) is 4. The van der Waals surface area contributed by atoms with Crippen LogP contribution in [0.3, 0.4) is 0 Å². The Morgan fingerprint density at radius 1 is 1.16 bits per heavy atom. The van der Waals surface area contributed by atoms with Crippen molar-refractivity contribution in [1.29, 1.82) is 0 Å². The largest absolute Gasteiger partial charge is 0.298 e. The van der Waals surface area contributed by atoms with E-state index in [1.54, 1.807) is 4.31 Å². The third-order valence-corrected chi connectivity index (χ3v) is 5.68. The first-order valence-corrected chi connectivity index (χ1v) is 8.92. The van der Waals surface area contributed by atoms with Crippen LogP contribution in [0.2, 0.25) is 0 Å². The van der Waals surface area contributed by atoms with E-state index in [9.17, 15) is 8.42 Å². The Labute approximate surface area is 117 Å². The molecule has 0 aromatic carbocycles. The summed E-state index contributed by atoms with van der Waals surface area (Å²) >= 11 is 0. The highest BCUT2D eigenvalue weighted by Crippen LogP contribution is 2.29. The topological polar surface area (TPSA) is 43.9 Å². The molecule has 0 aromatic rings. The predicted molar refractivity (Wildman–Crippen MR) is 77.7 cm³/mol. The Morgan fingerprint density at radius 3 is 2.32 bits per heavy atom. The summed E-state index contributed by atoms with van der Waals surface area (Å²) in [6, 6.07) is 0.841. The molecule has 112 valence electrons. The molecule has 6 heteroatoms. The average molecular weight is 289 g/mol. The van der Waals surface area contributed by atoms with Crippen molar-refractivity contribution in [2.75, 3.05) is 39.0 Å². The van der Waals surface area contributed by atoms with Crippen LogP contribution in [-0.4, -0.2) is 79.1 Å². The first-order chi connectivity index (χ1) is 8.61. The molecule has 0 aromatic heterocycles. The van der Waals surface area contributed by atoms with E-state index >= 15 is 0 Å². The standard InChI is InChI=1S/C13H27N3O2S/c1-11(2)14-6-7-16-12(8-14)9-15(19(5,17)18)10-13(16,3)4/h11-12H,6-10H2,1-5H3. The van der Waals surface area contributed by atoms with E-state index in [-0.39, 0.29) is 5.54 Å². The molecule has 1 atom stereocenters. The van der Waals surface area contributed by atoms with Crippen LogP contribution in [0.5, 0.6) is 0 Å². The van der Waals surface area contributed by atoms with Crippen LogP contribution in [0.4, 0.5) is 0 Å². The van der Waals surface area contributed by atoms with Gasteiger partial charge in [0.15, 0.2) is 0 Å². The summed E-state index contributed by atoms with van der Waals surface area (Å²) < 4.78 is 25.4. The highest BCUT2D eigenvalue weighted by molar-refractivity contribution is 7.88. The summed E-state index contributed by atoms with van der Waals surface area (Å²) in [5, 5.41) is 0. The van der Waals surface area contributed by atoms with E-state index < -0.39 is 10.0 Å². The molecule has 0 N–H and O–H groups in total. The van der Waals surface area contributed by atoms with E-state index in [0.29, 0.717) is 25.2 Å². The third kappa shape index (κ3) is 3.12. The summed E-state index contributed by atoms with van der Waals surface area (Å²) in [4.78, 5) is 4.94. The van der Waals surface area contributed by atoms with Crippen LogP contribution >= 0.6 is 0 Å². The minimum atomic E-state index is -3.10. The van der Waals surface area contributed by atoms with Crippen LogP contribution in [0, 0.1) is 0 Å². The maximum Gasteiger partial charge on any atom is 0.211 e. The summed E-state index contributed by atoms with van der Waals surface area (Å²) in [6.45, 7) is 13.0. The zero-order valence-corrected chi connectivity index (χ0v) is 13.6. The minimum absolute atomic E-state index is 0.0743. The molecule has 19 heavy (non-hydrogen) atoms. The zero-order valence-electron chi connectivity index (χ0n) is 12.8. The first-order valence-electron chi connectivity index (χ1n) is 7.07. The molecule has 2 aliphatic rings. The lowest BCUT2D eigenvalue weighted by Gasteiger charge is -2.55. The number of nitrogens with zero attached hydrogens (tertiary/aromatic N) is 3. The molecule has 1 unspecified atom stereocenters. The molecular formula is C13H27N3O2S. The fourth-order valence-electron chi connectivity index (χ4n) is 3.38. The Bertz CT molecular complexity index is 433. The molecule has 2 heterocycles. The van der Waals surface area contributed by atoms with Crippen LogP contribution in [0.15, 0.2) is 0 Å². The fourth-order valence-corrected chi connectivity index (χ4v) is 4.37. The Morgan fingerprint density at radius 2 is 1.79 bits per heavy atom. The number of hydrogen-bond donors (Lipinski definition) is 0. The Kier molecular flexibility index (Phi) is 3.99. The van der Waals surface area contributed by atoms with E-state index in [1.807, 2.05) is 0 Å². The first kappa shape index (κ1) is 15.2. The van der Waals surface area contributed by atoms with Gasteiger partial charge in [0.1, 0.15) is 0 Å². The van der Waals surface area contributed by atoms with Gasteiger partial charge in [-0.05, 0) is 27.7 Å². The van der Waals surface area contributed by atoms with E-state index in [4.69, 9.17) is 0 Å². The second-order valence-corrected chi connectivity index (χ2v) is 8.79. The number of rotatable bonds is 2. The van der Waals surface area contributed by atoms with Crippen molar-refractivity contribution in [2.24, 2.45) is 0 Å². The van der Waals surface area contributed by atoms with Crippen molar-refractivity contribution in [3.8, 4) is 0 Å². The molecule has 5 nitrogen and oxygen atoms in total. The lowest BCUT2D eigenvalue weighted by atomic mass is 9.94. The fraction of sp³-hybridized carbons (Fsp3) is 1.00. The van der Waals surface area contributed by atoms with Crippen molar-refractivity contribution in [3.05, 3.63) is 0 Å². The average Bonchev–Trinajstić information content (AvgIpc) is 2.25. The van der Waals surface area contributed by atoms with E-state index in [1.165, 1.54) is 6.26 Å². The molecule has 0 saturated carbocycles. The van der Waals surface area contributed by atoms with Crippen molar-refractivity contribution >= 4 is 10.0 Å². The minimum Gasteiger partial charge on any atom is -0.298 e. The maximum absolute atomic E-state index is 11.9. The number of piperazine rings is 2. The molecule has 0 radical (unpaired) electrons. The summed E-state index contributed by atoms with van der Waals surface area (Å²) in [7, 11) is -3.10. The van der Waals surface area contributed by atoms with E-state index in [0.717, 1.165) is 19.6 Å². The van der Waals surface area contributed by atoms with Crippen LogP contribution in [-0.2, 0) is 10.0 Å². The predicted octanol–water partition coefficient (Wildman–Crippen LogP) is 0.435. The van der Waals surface area contributed by atoms with Crippen molar-refractivity contribution in [2.45, 2.75) is 45.3 Å². The van der Waals surface area contributed by atoms with Crippen LogP contribution in [0.25, 0.3) is 0 Å². The Balaban J connectivity index is 2.19. The van der Waals surface area contributed by atoms with Gasteiger partial charge in [-0.1, -0.05) is 0 Å². The van der Waals surface area contributed by atoms with Gasteiger partial charge < -0.3 is 0 Å². The lowest BCUT2D eigenvalue weighted by molar-refractivity contribution is -0.0496. The highest BCUT2D eigenvalue weighted by Gasteiger charge is 2.44. The maximum atomic E-state index is 11.9. The van der Waals surface area contributed by atoms with Gasteiger partial charge in [-0.15, -0.1) is 0 Å². The van der Waals surface area contributed by atoms with Gasteiger partial charge in [0, 0.05) is 50.3 Å². The van der Waals surface area contributed by atoms with Crippen molar-refractivity contribution < 1.29 is 8.42 Å². The highest BCUT2D eigenvalue weighted by atomic mass is 32.2. The molecule has 0 aliphatic carbocycles. The van der Waals surface area contributed by atoms with Crippen molar-refractivity contribution in [3.63, 3.8) is 0 Å². The van der Waals surface area contributed by atoms with Gasteiger partial charge in [-0.2, -0.15) is 4.31 Å². The van der Waals surface area contributed by atoms with Gasteiger partial charge in [-0.25, -0.2) is 8.42 Å². The SMILES string of the molecule is CC(C)N1CCN2C(C1)CN(S(C)(=O)=O)CC2(C)C. The molecule has 2 rings (SSSR count). The quantitative estimate of drug-likeness (QED) is 0.740. The van der Waals surface area contributed by atoms with Gasteiger partial charge in [0.05, 0.1) is 6.26 Å². The molecule has 2 fully saturated rings. The normalized spacial score (nSPS) is 30.5. The third-order valence-electron chi connectivity index (χ3n) is 4.47. The molecular weight excluding hydrogens is 262 g/mol. The van der Waals surface area contributed by atoms with Gasteiger partial charge in [-0.3, -0.25) is 9.80 Å². The number of sulfonamides is 1. The van der Waals surface area contributed by atoms with Gasteiger partial charge in [0.25, 0.3) is 0 Å². The van der Waals surface area contributed by atoms with Gasteiger partial charge in [0.2, 0.25) is 10.0 Å². The smallest absolute Gasteiger partial charge is 0.211 e. The van der Waals surface area contributed by atoms with Gasteiger partial charge >= 0.3 is 0 Å². The van der Waals surface area contributed by atoms with Crippen molar-refractivity contribution in [1.82, 2.24) is 14.1 Å². The Hall–Kier alpha value is -0.170. The molecule has 0 amide bonds. The monoisotopic (exact) mass is 289 g/mol. The summed E-state index contributed by atoms with van der Waals surface area (Å²) in [6.07, 6.45) is 1.32. The lowest BCUT2D eigenvalue weighted by Crippen LogP contribution is -2.70. The molecule has 0 spiro atoms. The van der Waals surface area contributed by atoms with Crippen LogP contribution < -0.4 is 0 Å². The summed E-state index contributed by atoms with van der Waals surface area (Å²) in [5.74, 6) is 0. The zero-order chi connectivity index (χ0) is 14.4. The van der Waals surface area contributed by atoms with Crippen LogP contribution in [0.1, 0.15) is 27.7 Å². The summed E-state index contributed by atoms with van der Waals surface area (Å²) in [5.41, 5.74) is -0.0743. The second kappa shape index (κ2) is 4.98.